The largest absolute Gasteiger partial charge is 0.465 e. The quantitative estimate of drug-likeness (QED) is 0.569. The number of esters is 1. The predicted octanol–water partition coefficient (Wildman–Crippen LogP) is 4.65. The summed E-state index contributed by atoms with van der Waals surface area (Å²) in [6.45, 7) is 3.85. The van der Waals surface area contributed by atoms with Crippen LogP contribution in [0.5, 0.6) is 0 Å². The number of hydrogen-bond acceptors (Lipinski definition) is 5. The molecule has 0 bridgehead atoms. The molecule has 2 aromatic carbocycles. The predicted molar refractivity (Wildman–Crippen MR) is 115 cm³/mol. The fourth-order valence-corrected chi connectivity index (χ4v) is 7.15. The zero-order valence-electron chi connectivity index (χ0n) is 16.4. The lowest BCUT2D eigenvalue weighted by Gasteiger charge is -2.25. The summed E-state index contributed by atoms with van der Waals surface area (Å²) < 4.78 is 34.1. The van der Waals surface area contributed by atoms with Crippen LogP contribution in [0.15, 0.2) is 58.8 Å². The Morgan fingerprint density at radius 3 is 2.52 bits per heavy atom. The molecule has 0 amide bonds. The molecule has 0 saturated carbocycles. The maximum Gasteiger partial charge on any atom is 0.349 e. The normalized spacial score (nSPS) is 16.0. The Balaban J connectivity index is 1.94. The van der Waals surface area contributed by atoms with Crippen LogP contribution in [-0.4, -0.2) is 27.5 Å². The molecule has 4 rings (SSSR count). The van der Waals surface area contributed by atoms with Crippen molar-refractivity contribution < 1.29 is 17.9 Å². The van der Waals surface area contributed by atoms with Gasteiger partial charge >= 0.3 is 5.97 Å². The molecule has 29 heavy (non-hydrogen) atoms. The van der Waals surface area contributed by atoms with Crippen LogP contribution in [0.3, 0.4) is 0 Å². The molecule has 1 aliphatic heterocycles. The first-order valence-electron chi connectivity index (χ1n) is 9.23. The molecule has 0 aliphatic carbocycles. The first kappa shape index (κ1) is 19.7. The summed E-state index contributed by atoms with van der Waals surface area (Å²) in [7, 11) is -2.73. The van der Waals surface area contributed by atoms with Gasteiger partial charge in [-0.15, -0.1) is 11.3 Å². The maximum atomic E-state index is 13.9. The molecular weight excluding hydrogens is 406 g/mol. The van der Waals surface area contributed by atoms with Gasteiger partial charge in [0.05, 0.1) is 12.8 Å². The number of methoxy groups -OCH3 is 1. The third kappa shape index (κ3) is 3.24. The molecule has 7 heteroatoms. The lowest BCUT2D eigenvalue weighted by molar-refractivity contribution is 0.0602. The molecule has 0 saturated heterocycles. The van der Waals surface area contributed by atoms with E-state index in [0.29, 0.717) is 17.7 Å². The lowest BCUT2D eigenvalue weighted by atomic mass is 10.1. The third-order valence-corrected chi connectivity index (χ3v) is 8.24. The highest BCUT2D eigenvalue weighted by atomic mass is 32.2. The summed E-state index contributed by atoms with van der Waals surface area (Å²) >= 11 is 1.10. The van der Waals surface area contributed by atoms with Crippen molar-refractivity contribution in [1.82, 2.24) is 0 Å². The molecule has 1 aromatic heterocycles. The average Bonchev–Trinajstić information content (AvgIpc) is 3.29. The third-order valence-electron chi connectivity index (χ3n) is 5.14. The van der Waals surface area contributed by atoms with E-state index in [1.54, 1.807) is 5.38 Å². The number of ether oxygens (including phenoxy) is 1. The van der Waals surface area contributed by atoms with E-state index >= 15 is 0 Å². The van der Waals surface area contributed by atoms with Gasteiger partial charge in [0.2, 0.25) is 0 Å². The van der Waals surface area contributed by atoms with Gasteiger partial charge in [-0.3, -0.25) is 4.31 Å². The Morgan fingerprint density at radius 1 is 1.14 bits per heavy atom. The number of sulfonamides is 1. The van der Waals surface area contributed by atoms with Crippen LogP contribution in [-0.2, 0) is 21.2 Å². The average molecular weight is 428 g/mol. The van der Waals surface area contributed by atoms with Crippen LogP contribution in [0, 0.1) is 6.92 Å². The number of fused-ring (bicyclic) bond motifs is 1. The minimum atomic E-state index is -3.99. The second-order valence-electron chi connectivity index (χ2n) is 7.15. The van der Waals surface area contributed by atoms with E-state index in [2.05, 4.69) is 0 Å². The Kier molecular flexibility index (Phi) is 4.96. The Bertz CT molecular complexity index is 1180. The second kappa shape index (κ2) is 7.31. The number of hydrogen-bond donors (Lipinski definition) is 0. The lowest BCUT2D eigenvalue weighted by Crippen LogP contribution is -2.36. The van der Waals surface area contributed by atoms with Crippen molar-refractivity contribution in [3.05, 3.63) is 69.9 Å². The number of nitrogens with zero attached hydrogens (tertiary/aromatic N) is 1. The summed E-state index contributed by atoms with van der Waals surface area (Å²) in [5, 5.41) is 1.72. The zero-order chi connectivity index (χ0) is 20.8. The van der Waals surface area contributed by atoms with E-state index in [1.165, 1.54) is 11.4 Å². The van der Waals surface area contributed by atoms with Crippen molar-refractivity contribution >= 4 is 33.0 Å². The molecule has 1 aliphatic rings. The molecule has 3 aromatic rings. The van der Waals surface area contributed by atoms with Crippen LogP contribution in [0.25, 0.3) is 11.1 Å². The monoisotopic (exact) mass is 427 g/mol. The topological polar surface area (TPSA) is 63.7 Å². The number of aryl methyl sites for hydroxylation is 1. The number of thiophene rings is 1. The smallest absolute Gasteiger partial charge is 0.349 e. The van der Waals surface area contributed by atoms with Gasteiger partial charge in [-0.25, -0.2) is 13.2 Å². The summed E-state index contributed by atoms with van der Waals surface area (Å²) in [4.78, 5) is 12.5. The van der Waals surface area contributed by atoms with Crippen LogP contribution in [0.2, 0.25) is 0 Å². The fraction of sp³-hybridized carbons (Fsp3) is 0.227. The summed E-state index contributed by atoms with van der Waals surface area (Å²) in [6, 6.07) is 14.8. The van der Waals surface area contributed by atoms with Crippen molar-refractivity contribution in [1.29, 1.82) is 0 Å². The van der Waals surface area contributed by atoms with Gasteiger partial charge in [-0.2, -0.15) is 0 Å². The molecule has 1 unspecified atom stereocenters. The van der Waals surface area contributed by atoms with E-state index in [1.807, 2.05) is 62.4 Å². The van der Waals surface area contributed by atoms with Crippen LogP contribution in [0.1, 0.15) is 27.7 Å². The highest BCUT2D eigenvalue weighted by Crippen LogP contribution is 2.42. The molecule has 150 valence electrons. The molecule has 5 nitrogen and oxygen atoms in total. The van der Waals surface area contributed by atoms with Crippen molar-refractivity contribution in [3.63, 3.8) is 0 Å². The van der Waals surface area contributed by atoms with E-state index in [4.69, 9.17) is 4.74 Å². The first-order valence-corrected chi connectivity index (χ1v) is 11.6. The Morgan fingerprint density at radius 2 is 1.83 bits per heavy atom. The van der Waals surface area contributed by atoms with E-state index < -0.39 is 16.0 Å². The van der Waals surface area contributed by atoms with Crippen molar-refractivity contribution in [2.24, 2.45) is 0 Å². The number of rotatable bonds is 4. The van der Waals surface area contributed by atoms with Gasteiger partial charge < -0.3 is 4.74 Å². The molecule has 0 spiro atoms. The molecule has 0 fully saturated rings. The van der Waals surface area contributed by atoms with E-state index in [-0.39, 0.29) is 15.8 Å². The minimum Gasteiger partial charge on any atom is -0.465 e. The number of carbonyl (C=O) groups is 1. The molecular formula is C22H21NO4S2. The molecule has 2 heterocycles. The van der Waals surface area contributed by atoms with Gasteiger partial charge in [0.15, 0.2) is 0 Å². The summed E-state index contributed by atoms with van der Waals surface area (Å²) in [5.41, 5.74) is 3.99. The number of anilines is 1. The minimum absolute atomic E-state index is 0.0155. The molecule has 0 radical (unpaired) electrons. The molecule has 1 atom stereocenters. The number of benzene rings is 2. The highest BCUT2D eigenvalue weighted by Gasteiger charge is 2.40. The van der Waals surface area contributed by atoms with E-state index in [9.17, 15) is 13.2 Å². The number of para-hydroxylation sites is 1. The van der Waals surface area contributed by atoms with Crippen molar-refractivity contribution in [2.45, 2.75) is 31.2 Å². The van der Waals surface area contributed by atoms with Gasteiger partial charge in [0, 0.05) is 17.0 Å². The van der Waals surface area contributed by atoms with Crippen molar-refractivity contribution in [2.75, 3.05) is 11.4 Å². The SMILES string of the molecule is COC(=O)c1scc(-c2ccc(C)cc2)c1S(=O)(=O)N1c2ccccc2CC1C. The van der Waals surface area contributed by atoms with E-state index in [0.717, 1.165) is 28.0 Å². The van der Waals surface area contributed by atoms with Gasteiger partial charge in [-0.1, -0.05) is 48.0 Å². The van der Waals surface area contributed by atoms with Gasteiger partial charge in [-0.05, 0) is 37.5 Å². The van der Waals surface area contributed by atoms with Crippen LogP contribution >= 0.6 is 11.3 Å². The van der Waals surface area contributed by atoms with Crippen LogP contribution < -0.4 is 4.31 Å². The maximum absolute atomic E-state index is 13.9. The van der Waals surface area contributed by atoms with Crippen molar-refractivity contribution in [3.8, 4) is 11.1 Å². The zero-order valence-corrected chi connectivity index (χ0v) is 18.0. The van der Waals surface area contributed by atoms with Crippen LogP contribution in [0.4, 0.5) is 5.69 Å². The Labute approximate surface area is 174 Å². The second-order valence-corrected chi connectivity index (χ2v) is 9.78. The Hall–Kier alpha value is -2.64. The summed E-state index contributed by atoms with van der Waals surface area (Å²) in [5.74, 6) is -0.646. The first-order chi connectivity index (χ1) is 13.8. The standard InChI is InChI=1S/C22H21NO4S2/c1-14-8-10-16(11-9-14)18-13-28-20(22(24)27-3)21(18)29(25,26)23-15(2)12-17-6-4-5-7-19(17)23/h4-11,13,15H,12H2,1-3H3. The summed E-state index contributed by atoms with van der Waals surface area (Å²) in [6.07, 6.45) is 0.632. The highest BCUT2D eigenvalue weighted by molar-refractivity contribution is 7.93. The number of carbonyl (C=O) groups excluding carboxylic acids is 1. The molecule has 0 N–H and O–H groups in total. The van der Waals surface area contributed by atoms with Gasteiger partial charge in [0.25, 0.3) is 10.0 Å². The fourth-order valence-electron chi connectivity index (χ4n) is 3.77. The van der Waals surface area contributed by atoms with Gasteiger partial charge in [0.1, 0.15) is 9.77 Å².